The number of nitrogen functional groups attached to an aromatic ring is 1. The summed E-state index contributed by atoms with van der Waals surface area (Å²) in [7, 11) is 2.11. The molecule has 0 aliphatic carbocycles. The van der Waals surface area contributed by atoms with E-state index in [-0.39, 0.29) is 5.28 Å². The van der Waals surface area contributed by atoms with Gasteiger partial charge in [-0.1, -0.05) is 30.3 Å². The Morgan fingerprint density at radius 2 is 2.05 bits per heavy atom. The fourth-order valence-corrected chi connectivity index (χ4v) is 2.17. The van der Waals surface area contributed by atoms with Crippen molar-refractivity contribution in [3.05, 3.63) is 47.4 Å². The number of rotatable bonds is 7. The third-order valence-electron chi connectivity index (χ3n) is 3.09. The molecule has 0 saturated heterocycles. The Balaban J connectivity index is 1.71. The first-order valence-electron chi connectivity index (χ1n) is 6.89. The van der Waals surface area contributed by atoms with Crippen molar-refractivity contribution < 1.29 is 0 Å². The molecular formula is C15H20ClN5. The number of hydrogen-bond acceptors (Lipinski definition) is 5. The first kappa shape index (κ1) is 15.5. The van der Waals surface area contributed by atoms with Gasteiger partial charge in [-0.25, -0.2) is 4.98 Å². The average Bonchev–Trinajstić information content (AvgIpc) is 2.48. The Kier molecular flexibility index (Phi) is 5.78. The van der Waals surface area contributed by atoms with Crippen LogP contribution in [0.3, 0.4) is 0 Å². The quantitative estimate of drug-likeness (QED) is 0.608. The van der Waals surface area contributed by atoms with Crippen LogP contribution in [0.5, 0.6) is 0 Å². The van der Waals surface area contributed by atoms with Crippen LogP contribution in [-0.4, -0.2) is 35.0 Å². The van der Waals surface area contributed by atoms with E-state index in [2.05, 4.69) is 51.5 Å². The molecule has 0 atom stereocenters. The Bertz CT molecular complexity index is 561. The maximum atomic E-state index is 5.78. The molecular weight excluding hydrogens is 286 g/mol. The second-order valence-electron chi connectivity index (χ2n) is 4.95. The number of nitrogens with two attached hydrogens (primary N) is 1. The van der Waals surface area contributed by atoms with Gasteiger partial charge in [-0.05, 0) is 37.2 Å². The fourth-order valence-electron chi connectivity index (χ4n) is 2.04. The first-order valence-corrected chi connectivity index (χ1v) is 7.27. The van der Waals surface area contributed by atoms with Crippen LogP contribution in [0.1, 0.15) is 12.0 Å². The molecule has 21 heavy (non-hydrogen) atoms. The van der Waals surface area contributed by atoms with E-state index in [1.165, 1.54) is 11.8 Å². The minimum Gasteiger partial charge on any atom is -0.394 e. The summed E-state index contributed by atoms with van der Waals surface area (Å²) < 4.78 is 0. The largest absolute Gasteiger partial charge is 0.394 e. The van der Waals surface area contributed by atoms with E-state index in [1.54, 1.807) is 0 Å². The summed E-state index contributed by atoms with van der Waals surface area (Å²) >= 11 is 5.74. The summed E-state index contributed by atoms with van der Waals surface area (Å²) in [6.45, 7) is 2.72. The number of anilines is 2. The first-order chi connectivity index (χ1) is 10.1. The van der Waals surface area contributed by atoms with Gasteiger partial charge in [-0.3, -0.25) is 0 Å². The van der Waals surface area contributed by atoms with Crippen LogP contribution in [0.25, 0.3) is 0 Å². The molecule has 0 fully saturated rings. The highest BCUT2D eigenvalue weighted by atomic mass is 35.5. The van der Waals surface area contributed by atoms with Crippen molar-refractivity contribution in [2.75, 3.05) is 31.2 Å². The molecule has 5 nitrogen and oxygen atoms in total. The van der Waals surface area contributed by atoms with Crippen LogP contribution in [0.2, 0.25) is 5.28 Å². The lowest BCUT2D eigenvalue weighted by atomic mass is 10.2. The summed E-state index contributed by atoms with van der Waals surface area (Å²) in [5, 5.41) is 3.39. The highest BCUT2D eigenvalue weighted by Crippen LogP contribution is 2.15. The monoisotopic (exact) mass is 305 g/mol. The molecule has 0 spiro atoms. The molecule has 0 aliphatic rings. The topological polar surface area (TPSA) is 67.1 Å². The second kappa shape index (κ2) is 7.81. The van der Waals surface area contributed by atoms with Gasteiger partial charge in [-0.2, -0.15) is 4.98 Å². The molecule has 112 valence electrons. The predicted octanol–water partition coefficient (Wildman–Crippen LogP) is 2.65. The van der Waals surface area contributed by atoms with Gasteiger partial charge in [0.15, 0.2) is 5.82 Å². The summed E-state index contributed by atoms with van der Waals surface area (Å²) in [5.41, 5.74) is 7.61. The van der Waals surface area contributed by atoms with Crippen molar-refractivity contribution in [1.29, 1.82) is 0 Å². The van der Waals surface area contributed by atoms with Crippen molar-refractivity contribution in [3.8, 4) is 0 Å². The van der Waals surface area contributed by atoms with Gasteiger partial charge < -0.3 is 16.0 Å². The Labute approximate surface area is 130 Å². The maximum Gasteiger partial charge on any atom is 0.224 e. The van der Waals surface area contributed by atoms with Crippen molar-refractivity contribution in [3.63, 3.8) is 0 Å². The molecule has 1 aromatic heterocycles. The van der Waals surface area contributed by atoms with Crippen LogP contribution in [0.15, 0.2) is 36.5 Å². The minimum absolute atomic E-state index is 0.202. The van der Waals surface area contributed by atoms with Crippen LogP contribution in [0, 0.1) is 0 Å². The zero-order valence-corrected chi connectivity index (χ0v) is 12.8. The van der Waals surface area contributed by atoms with Crippen LogP contribution < -0.4 is 11.1 Å². The highest BCUT2D eigenvalue weighted by molar-refractivity contribution is 6.28. The molecule has 0 saturated carbocycles. The molecule has 0 aliphatic heterocycles. The normalized spacial score (nSPS) is 10.8. The van der Waals surface area contributed by atoms with Crippen molar-refractivity contribution in [2.24, 2.45) is 0 Å². The molecule has 2 rings (SSSR count). The standard InChI is InChI=1S/C15H20ClN5/c1-21(11-12-6-3-2-4-7-12)9-5-8-18-14-13(17)10-19-15(16)20-14/h2-4,6-7,10H,5,8-9,11,17H2,1H3,(H,18,19,20). The number of halogens is 1. The zero-order chi connectivity index (χ0) is 15.1. The van der Waals surface area contributed by atoms with Gasteiger partial charge >= 0.3 is 0 Å². The molecule has 1 heterocycles. The van der Waals surface area contributed by atoms with Crippen molar-refractivity contribution in [1.82, 2.24) is 14.9 Å². The van der Waals surface area contributed by atoms with E-state index < -0.39 is 0 Å². The lowest BCUT2D eigenvalue weighted by Crippen LogP contribution is -2.21. The van der Waals surface area contributed by atoms with Gasteiger partial charge in [0, 0.05) is 13.1 Å². The van der Waals surface area contributed by atoms with Gasteiger partial charge in [0.1, 0.15) is 0 Å². The predicted molar refractivity (Wildman–Crippen MR) is 87.3 cm³/mol. The third-order valence-corrected chi connectivity index (χ3v) is 3.27. The molecule has 6 heteroatoms. The van der Waals surface area contributed by atoms with Crippen molar-refractivity contribution in [2.45, 2.75) is 13.0 Å². The number of nitrogens with zero attached hydrogens (tertiary/aromatic N) is 3. The third kappa shape index (κ3) is 5.21. The second-order valence-corrected chi connectivity index (χ2v) is 5.28. The minimum atomic E-state index is 0.202. The highest BCUT2D eigenvalue weighted by Gasteiger charge is 2.03. The van der Waals surface area contributed by atoms with Crippen LogP contribution in [0.4, 0.5) is 11.5 Å². The Hall–Kier alpha value is -1.85. The summed E-state index contributed by atoms with van der Waals surface area (Å²) in [5.74, 6) is 0.598. The summed E-state index contributed by atoms with van der Waals surface area (Å²) in [6, 6.07) is 10.4. The van der Waals surface area contributed by atoms with Crippen LogP contribution in [-0.2, 0) is 6.54 Å². The summed E-state index contributed by atoms with van der Waals surface area (Å²) in [6.07, 6.45) is 2.50. The Morgan fingerprint density at radius 1 is 1.29 bits per heavy atom. The van der Waals surface area contributed by atoms with E-state index in [1.807, 2.05) is 6.07 Å². The lowest BCUT2D eigenvalue weighted by Gasteiger charge is -2.17. The van der Waals surface area contributed by atoms with E-state index in [0.29, 0.717) is 11.5 Å². The van der Waals surface area contributed by atoms with E-state index in [0.717, 1.165) is 26.1 Å². The number of aromatic nitrogens is 2. The smallest absolute Gasteiger partial charge is 0.224 e. The number of nitrogens with one attached hydrogen (secondary N) is 1. The van der Waals surface area contributed by atoms with Crippen molar-refractivity contribution >= 4 is 23.1 Å². The molecule has 3 N–H and O–H groups in total. The maximum absolute atomic E-state index is 5.78. The van der Waals surface area contributed by atoms with Crippen LogP contribution >= 0.6 is 11.6 Å². The lowest BCUT2D eigenvalue weighted by molar-refractivity contribution is 0.325. The molecule has 0 unspecified atom stereocenters. The molecule has 2 aromatic rings. The van der Waals surface area contributed by atoms with Gasteiger partial charge in [0.2, 0.25) is 5.28 Å². The van der Waals surface area contributed by atoms with Gasteiger partial charge in [0.05, 0.1) is 11.9 Å². The van der Waals surface area contributed by atoms with E-state index in [4.69, 9.17) is 17.3 Å². The number of hydrogen-bond donors (Lipinski definition) is 2. The SMILES string of the molecule is CN(CCCNc1nc(Cl)ncc1N)Cc1ccccc1. The number of benzene rings is 1. The van der Waals surface area contributed by atoms with E-state index >= 15 is 0 Å². The molecule has 1 aromatic carbocycles. The molecule has 0 bridgehead atoms. The Morgan fingerprint density at radius 3 is 2.81 bits per heavy atom. The van der Waals surface area contributed by atoms with E-state index in [9.17, 15) is 0 Å². The molecule has 0 amide bonds. The summed E-state index contributed by atoms with van der Waals surface area (Å²) in [4.78, 5) is 10.2. The average molecular weight is 306 g/mol. The van der Waals surface area contributed by atoms with Gasteiger partial charge in [-0.15, -0.1) is 0 Å². The zero-order valence-electron chi connectivity index (χ0n) is 12.1. The fraction of sp³-hybridized carbons (Fsp3) is 0.333. The van der Waals surface area contributed by atoms with Gasteiger partial charge in [0.25, 0.3) is 0 Å². The molecule has 0 radical (unpaired) electrons.